The molecule has 0 saturated carbocycles. The molecule has 0 fully saturated rings. The quantitative estimate of drug-likeness (QED) is 0.881. The molecule has 0 unspecified atom stereocenters. The molecule has 0 spiro atoms. The second-order valence-corrected chi connectivity index (χ2v) is 3.97. The van der Waals surface area contributed by atoms with Crippen molar-refractivity contribution in [2.45, 2.75) is 26.6 Å². The first kappa shape index (κ1) is 11.7. The Morgan fingerprint density at radius 2 is 2.24 bits per heavy atom. The molecule has 4 nitrogen and oxygen atoms in total. The number of aromatic nitrogens is 1. The van der Waals surface area contributed by atoms with E-state index in [4.69, 9.17) is 9.26 Å². The van der Waals surface area contributed by atoms with Crippen LogP contribution in [0.3, 0.4) is 0 Å². The fourth-order valence-electron chi connectivity index (χ4n) is 1.50. The number of aryl methyl sites for hydroxylation is 1. The summed E-state index contributed by atoms with van der Waals surface area (Å²) >= 11 is 0. The summed E-state index contributed by atoms with van der Waals surface area (Å²) in [6, 6.07) is 9.20. The van der Waals surface area contributed by atoms with Gasteiger partial charge in [0.25, 0.3) is 0 Å². The Bertz CT molecular complexity index is 491. The third-order valence-corrected chi connectivity index (χ3v) is 2.40. The molecule has 2 rings (SSSR count). The van der Waals surface area contributed by atoms with E-state index in [0.29, 0.717) is 18.1 Å². The van der Waals surface area contributed by atoms with Crippen molar-refractivity contribution in [1.82, 2.24) is 5.16 Å². The molecule has 1 aromatic carbocycles. The number of rotatable bonds is 4. The predicted molar refractivity (Wildman–Crippen MR) is 62.6 cm³/mol. The zero-order chi connectivity index (χ0) is 12.3. The van der Waals surface area contributed by atoms with E-state index >= 15 is 0 Å². The highest BCUT2D eigenvalue weighted by atomic mass is 16.5. The van der Waals surface area contributed by atoms with E-state index < -0.39 is 6.10 Å². The smallest absolute Gasteiger partial charge is 0.174 e. The van der Waals surface area contributed by atoms with Gasteiger partial charge in [-0.2, -0.15) is 0 Å². The van der Waals surface area contributed by atoms with Gasteiger partial charge in [0.05, 0.1) is 11.8 Å². The van der Waals surface area contributed by atoms with Gasteiger partial charge in [-0.3, -0.25) is 0 Å². The van der Waals surface area contributed by atoms with Crippen molar-refractivity contribution >= 4 is 0 Å². The van der Waals surface area contributed by atoms with Crippen LogP contribution in [-0.2, 0) is 6.61 Å². The average Bonchev–Trinajstić information content (AvgIpc) is 2.73. The van der Waals surface area contributed by atoms with Crippen LogP contribution >= 0.6 is 0 Å². The summed E-state index contributed by atoms with van der Waals surface area (Å²) < 4.78 is 10.6. The summed E-state index contributed by atoms with van der Waals surface area (Å²) in [6.07, 6.45) is -0.494. The van der Waals surface area contributed by atoms with Crippen LogP contribution in [0.25, 0.3) is 0 Å². The van der Waals surface area contributed by atoms with Gasteiger partial charge in [-0.05, 0) is 31.5 Å². The van der Waals surface area contributed by atoms with Gasteiger partial charge in [-0.15, -0.1) is 0 Å². The van der Waals surface area contributed by atoms with Gasteiger partial charge >= 0.3 is 0 Å². The van der Waals surface area contributed by atoms with Gasteiger partial charge < -0.3 is 14.4 Å². The molecule has 1 atom stereocenters. The topological polar surface area (TPSA) is 55.5 Å². The molecule has 0 amide bonds. The van der Waals surface area contributed by atoms with E-state index in [9.17, 15) is 5.11 Å². The summed E-state index contributed by atoms with van der Waals surface area (Å²) in [4.78, 5) is 0. The molecular formula is C13H15NO3. The third kappa shape index (κ3) is 3.07. The molecule has 0 aliphatic heterocycles. The molecule has 1 aromatic heterocycles. The minimum Gasteiger partial charge on any atom is -0.486 e. The highest BCUT2D eigenvalue weighted by molar-refractivity contribution is 5.29. The second-order valence-electron chi connectivity index (χ2n) is 3.97. The summed E-state index contributed by atoms with van der Waals surface area (Å²) in [5, 5.41) is 13.2. The molecule has 0 bridgehead atoms. The van der Waals surface area contributed by atoms with E-state index in [1.807, 2.05) is 37.3 Å². The number of hydrogen-bond donors (Lipinski definition) is 1. The van der Waals surface area contributed by atoms with Crippen molar-refractivity contribution in [2.24, 2.45) is 0 Å². The third-order valence-electron chi connectivity index (χ3n) is 2.40. The Labute approximate surface area is 99.8 Å². The Balaban J connectivity index is 2.01. The van der Waals surface area contributed by atoms with E-state index in [-0.39, 0.29) is 0 Å². The number of aliphatic hydroxyl groups excluding tert-OH is 1. The molecule has 1 heterocycles. The Morgan fingerprint density at radius 3 is 2.88 bits per heavy atom. The summed E-state index contributed by atoms with van der Waals surface area (Å²) in [6.45, 7) is 3.92. The zero-order valence-corrected chi connectivity index (χ0v) is 9.88. The van der Waals surface area contributed by atoms with Crippen LogP contribution in [0.15, 0.2) is 34.9 Å². The maximum atomic E-state index is 9.45. The summed E-state index contributed by atoms with van der Waals surface area (Å²) in [5.74, 6) is 1.39. The van der Waals surface area contributed by atoms with Crippen LogP contribution in [-0.4, -0.2) is 10.3 Å². The number of aliphatic hydroxyl groups is 1. The van der Waals surface area contributed by atoms with Crippen LogP contribution < -0.4 is 4.74 Å². The SMILES string of the molecule is Cc1cc(COc2cccc([C@H](C)O)c2)on1. The van der Waals surface area contributed by atoms with Gasteiger partial charge in [0.15, 0.2) is 5.76 Å². The molecule has 0 aliphatic carbocycles. The number of benzene rings is 1. The molecule has 90 valence electrons. The normalized spacial score (nSPS) is 12.4. The lowest BCUT2D eigenvalue weighted by Crippen LogP contribution is -1.96. The molecular weight excluding hydrogens is 218 g/mol. The van der Waals surface area contributed by atoms with Crippen LogP contribution in [0.1, 0.15) is 30.0 Å². The first-order valence-electron chi connectivity index (χ1n) is 5.48. The molecule has 0 radical (unpaired) electrons. The summed E-state index contributed by atoms with van der Waals surface area (Å²) in [5.41, 5.74) is 1.66. The van der Waals surface area contributed by atoms with Gasteiger partial charge in [-0.25, -0.2) is 0 Å². The van der Waals surface area contributed by atoms with Crippen molar-refractivity contribution in [3.63, 3.8) is 0 Å². The number of ether oxygens (including phenoxy) is 1. The van der Waals surface area contributed by atoms with E-state index in [1.54, 1.807) is 6.92 Å². The fraction of sp³-hybridized carbons (Fsp3) is 0.308. The van der Waals surface area contributed by atoms with Crippen LogP contribution in [0, 0.1) is 6.92 Å². The molecule has 1 N–H and O–H groups in total. The van der Waals surface area contributed by atoms with E-state index in [1.165, 1.54) is 0 Å². The van der Waals surface area contributed by atoms with Crippen molar-refractivity contribution in [1.29, 1.82) is 0 Å². The van der Waals surface area contributed by atoms with Crippen molar-refractivity contribution in [2.75, 3.05) is 0 Å². The second kappa shape index (κ2) is 5.01. The van der Waals surface area contributed by atoms with Gasteiger partial charge in [0.2, 0.25) is 0 Å². The Hall–Kier alpha value is -1.81. The first-order chi connectivity index (χ1) is 8.15. The minimum atomic E-state index is -0.494. The number of hydrogen-bond acceptors (Lipinski definition) is 4. The van der Waals surface area contributed by atoms with Crippen molar-refractivity contribution in [3.8, 4) is 5.75 Å². The Kier molecular flexibility index (Phi) is 3.44. The molecule has 0 saturated heterocycles. The van der Waals surface area contributed by atoms with Crippen LogP contribution in [0.2, 0.25) is 0 Å². The number of nitrogens with zero attached hydrogens (tertiary/aromatic N) is 1. The van der Waals surface area contributed by atoms with Crippen LogP contribution in [0.4, 0.5) is 0 Å². The lowest BCUT2D eigenvalue weighted by molar-refractivity contribution is 0.198. The van der Waals surface area contributed by atoms with Crippen molar-refractivity contribution in [3.05, 3.63) is 47.3 Å². The largest absolute Gasteiger partial charge is 0.486 e. The monoisotopic (exact) mass is 233 g/mol. The highest BCUT2D eigenvalue weighted by Gasteiger charge is 2.04. The fourth-order valence-corrected chi connectivity index (χ4v) is 1.50. The highest BCUT2D eigenvalue weighted by Crippen LogP contribution is 2.19. The zero-order valence-electron chi connectivity index (χ0n) is 9.88. The predicted octanol–water partition coefficient (Wildman–Crippen LogP) is 2.62. The van der Waals surface area contributed by atoms with Gasteiger partial charge in [-0.1, -0.05) is 17.3 Å². The first-order valence-corrected chi connectivity index (χ1v) is 5.48. The molecule has 4 heteroatoms. The molecule has 2 aromatic rings. The summed E-state index contributed by atoms with van der Waals surface area (Å²) in [7, 11) is 0. The van der Waals surface area contributed by atoms with Crippen molar-refractivity contribution < 1.29 is 14.4 Å². The molecule has 17 heavy (non-hydrogen) atoms. The van der Waals surface area contributed by atoms with Gasteiger partial charge in [0.1, 0.15) is 12.4 Å². The lowest BCUT2D eigenvalue weighted by atomic mass is 10.1. The maximum Gasteiger partial charge on any atom is 0.174 e. The standard InChI is InChI=1S/C13H15NO3/c1-9-6-13(17-14-9)8-16-12-5-3-4-11(7-12)10(2)15/h3-7,10,15H,8H2,1-2H3/t10-/m0/s1. The minimum absolute atomic E-state index is 0.337. The molecule has 0 aliphatic rings. The maximum absolute atomic E-state index is 9.45. The lowest BCUT2D eigenvalue weighted by Gasteiger charge is -2.08. The average molecular weight is 233 g/mol. The van der Waals surface area contributed by atoms with E-state index in [2.05, 4.69) is 5.16 Å². The van der Waals surface area contributed by atoms with Crippen LogP contribution in [0.5, 0.6) is 5.75 Å². The van der Waals surface area contributed by atoms with Gasteiger partial charge in [0, 0.05) is 6.07 Å². The van der Waals surface area contributed by atoms with E-state index in [0.717, 1.165) is 11.3 Å². The Morgan fingerprint density at radius 1 is 1.41 bits per heavy atom.